The number of aliphatic hydroxyl groups excluding tert-OH is 1. The van der Waals surface area contributed by atoms with Crippen molar-refractivity contribution in [1.29, 1.82) is 0 Å². The van der Waals surface area contributed by atoms with Crippen LogP contribution in [0.2, 0.25) is 0 Å². The molecule has 0 spiro atoms. The minimum atomic E-state index is -1.40. The van der Waals surface area contributed by atoms with Gasteiger partial charge in [0.25, 0.3) is 0 Å². The van der Waals surface area contributed by atoms with Crippen LogP contribution in [-0.4, -0.2) is 17.7 Å². The third kappa shape index (κ3) is 3.28. The molecule has 7 nitrogen and oxygen atoms in total. The van der Waals surface area contributed by atoms with E-state index in [1.165, 1.54) is 0 Å². The number of halogens is 2. The number of carbonyl (C=O) groups excluding carboxylic acids is 1. The minimum absolute atomic E-state index is 0.0124. The van der Waals surface area contributed by atoms with Gasteiger partial charge in [-0.1, -0.05) is 0 Å². The van der Waals surface area contributed by atoms with Crippen molar-refractivity contribution in [2.45, 2.75) is 19.4 Å². The summed E-state index contributed by atoms with van der Waals surface area (Å²) in [5.74, 6) is -5.27. The summed E-state index contributed by atoms with van der Waals surface area (Å²) in [6.07, 6.45) is 0. The molecule has 3 N–H and O–H groups in total. The van der Waals surface area contributed by atoms with E-state index in [1.54, 1.807) is 6.92 Å². The number of hydrogen-bond acceptors (Lipinski definition) is 7. The van der Waals surface area contributed by atoms with Crippen LogP contribution in [0, 0.1) is 11.6 Å². The largest absolute Gasteiger partial charge is 0.462 e. The third-order valence-electron chi connectivity index (χ3n) is 3.93. The maximum atomic E-state index is 14.5. The highest BCUT2D eigenvalue weighted by Crippen LogP contribution is 2.42. The fourth-order valence-corrected chi connectivity index (χ4v) is 2.82. The van der Waals surface area contributed by atoms with Gasteiger partial charge in [0, 0.05) is 11.6 Å². The Kier molecular flexibility index (Phi) is 4.95. The molecule has 0 saturated carbocycles. The second-order valence-corrected chi connectivity index (χ2v) is 5.63. The van der Waals surface area contributed by atoms with E-state index in [9.17, 15) is 23.5 Å². The van der Waals surface area contributed by atoms with E-state index in [-0.39, 0.29) is 35.0 Å². The highest BCUT2D eigenvalue weighted by Gasteiger charge is 2.40. The van der Waals surface area contributed by atoms with Crippen molar-refractivity contribution in [3.8, 4) is 5.75 Å². The molecule has 1 aromatic carbocycles. The number of esters is 1. The monoisotopic (exact) mass is 379 g/mol. The lowest BCUT2D eigenvalue weighted by Gasteiger charge is -2.27. The molecule has 2 heterocycles. The summed E-state index contributed by atoms with van der Waals surface area (Å²) in [6, 6.07) is 3.59. The summed E-state index contributed by atoms with van der Waals surface area (Å²) in [5.41, 5.74) is 4.45. The number of carbonyl (C=O) groups is 1. The van der Waals surface area contributed by atoms with Gasteiger partial charge in [0.2, 0.25) is 17.1 Å². The van der Waals surface area contributed by atoms with Gasteiger partial charge < -0.3 is 24.7 Å². The summed E-state index contributed by atoms with van der Waals surface area (Å²) in [7, 11) is 0. The molecule has 0 radical (unpaired) electrons. The Hall–Kier alpha value is -3.20. The quantitative estimate of drug-likeness (QED) is 0.777. The SMILES string of the molecule is CCOC(=O)C1=C(N)Oc2c(oc(CO)cc2=O)C1c1cc(F)ccc1F. The number of rotatable bonds is 4. The summed E-state index contributed by atoms with van der Waals surface area (Å²) < 4.78 is 43.9. The summed E-state index contributed by atoms with van der Waals surface area (Å²) >= 11 is 0. The number of ether oxygens (including phenoxy) is 2. The first-order valence-electron chi connectivity index (χ1n) is 7.94. The van der Waals surface area contributed by atoms with Gasteiger partial charge in [-0.2, -0.15) is 0 Å². The lowest BCUT2D eigenvalue weighted by molar-refractivity contribution is -0.139. The normalized spacial score (nSPS) is 15.9. The fourth-order valence-electron chi connectivity index (χ4n) is 2.82. The Morgan fingerprint density at radius 3 is 2.74 bits per heavy atom. The van der Waals surface area contributed by atoms with Gasteiger partial charge >= 0.3 is 5.97 Å². The first-order chi connectivity index (χ1) is 12.9. The standard InChI is InChI=1S/C18H15F2NO6/c1-2-25-18(24)14-13(10-5-8(19)3-4-11(10)20)16-15(27-17(14)21)12(23)6-9(7-22)26-16/h3-6,13,22H,2,7,21H2,1H3. The lowest BCUT2D eigenvalue weighted by Crippen LogP contribution is -2.30. The topological polar surface area (TPSA) is 112 Å². The number of hydrogen-bond donors (Lipinski definition) is 2. The Labute approximate surface area is 151 Å². The number of benzene rings is 1. The van der Waals surface area contributed by atoms with Crippen molar-refractivity contribution in [3.63, 3.8) is 0 Å². The molecule has 142 valence electrons. The summed E-state index contributed by atoms with van der Waals surface area (Å²) in [4.78, 5) is 24.7. The van der Waals surface area contributed by atoms with Gasteiger partial charge in [0.15, 0.2) is 5.76 Å². The molecule has 1 aliphatic rings. The molecule has 0 saturated heterocycles. The third-order valence-corrected chi connectivity index (χ3v) is 3.93. The van der Waals surface area contributed by atoms with Crippen LogP contribution < -0.4 is 15.9 Å². The molecular formula is C18H15F2NO6. The summed E-state index contributed by atoms with van der Waals surface area (Å²) in [5, 5.41) is 9.29. The lowest BCUT2D eigenvalue weighted by atomic mass is 9.86. The number of aliphatic hydroxyl groups is 1. The van der Waals surface area contributed by atoms with Crippen molar-refractivity contribution < 1.29 is 32.6 Å². The smallest absolute Gasteiger partial charge is 0.340 e. The molecule has 0 amide bonds. The van der Waals surface area contributed by atoms with Gasteiger partial charge in [-0.25, -0.2) is 13.6 Å². The van der Waals surface area contributed by atoms with Crippen LogP contribution in [0.25, 0.3) is 0 Å². The Morgan fingerprint density at radius 1 is 1.33 bits per heavy atom. The molecule has 27 heavy (non-hydrogen) atoms. The zero-order valence-electron chi connectivity index (χ0n) is 14.1. The van der Waals surface area contributed by atoms with Gasteiger partial charge in [0.05, 0.1) is 12.5 Å². The van der Waals surface area contributed by atoms with E-state index in [0.717, 1.165) is 24.3 Å². The van der Waals surface area contributed by atoms with Crippen molar-refractivity contribution in [3.05, 3.63) is 74.7 Å². The van der Waals surface area contributed by atoms with Crippen LogP contribution in [0.1, 0.15) is 29.9 Å². The van der Waals surface area contributed by atoms with E-state index < -0.39 is 41.4 Å². The molecule has 0 aliphatic carbocycles. The van der Waals surface area contributed by atoms with Crippen molar-refractivity contribution in [2.75, 3.05) is 6.61 Å². The van der Waals surface area contributed by atoms with Crippen LogP contribution in [0.15, 0.2) is 44.9 Å². The maximum absolute atomic E-state index is 14.5. The Bertz CT molecular complexity index is 998. The second-order valence-electron chi connectivity index (χ2n) is 5.63. The molecule has 2 aromatic rings. The van der Waals surface area contributed by atoms with E-state index in [2.05, 4.69) is 0 Å². The van der Waals surface area contributed by atoms with Crippen LogP contribution >= 0.6 is 0 Å². The average molecular weight is 379 g/mol. The number of nitrogens with two attached hydrogens (primary N) is 1. The minimum Gasteiger partial charge on any atom is -0.462 e. The van der Waals surface area contributed by atoms with Crippen molar-refractivity contribution >= 4 is 5.97 Å². The first kappa shape index (κ1) is 18.6. The number of fused-ring (bicyclic) bond motifs is 1. The van der Waals surface area contributed by atoms with Crippen LogP contribution in [-0.2, 0) is 16.1 Å². The molecule has 3 rings (SSSR count). The maximum Gasteiger partial charge on any atom is 0.340 e. The molecule has 0 bridgehead atoms. The summed E-state index contributed by atoms with van der Waals surface area (Å²) in [6.45, 7) is 0.907. The first-order valence-corrected chi connectivity index (χ1v) is 7.94. The van der Waals surface area contributed by atoms with E-state index in [4.69, 9.17) is 19.6 Å². The Morgan fingerprint density at radius 2 is 2.07 bits per heavy atom. The molecule has 9 heteroatoms. The zero-order valence-corrected chi connectivity index (χ0v) is 14.1. The molecule has 1 atom stereocenters. The zero-order chi connectivity index (χ0) is 19.7. The van der Waals surface area contributed by atoms with Gasteiger partial charge in [-0.05, 0) is 25.1 Å². The molecule has 1 aliphatic heterocycles. The Balaban J connectivity index is 2.33. The second kappa shape index (κ2) is 7.20. The predicted molar refractivity (Wildman–Crippen MR) is 87.6 cm³/mol. The highest BCUT2D eigenvalue weighted by atomic mass is 19.1. The van der Waals surface area contributed by atoms with E-state index in [0.29, 0.717) is 0 Å². The van der Waals surface area contributed by atoms with Gasteiger partial charge in [-0.3, -0.25) is 4.79 Å². The molecule has 1 unspecified atom stereocenters. The van der Waals surface area contributed by atoms with Crippen molar-refractivity contribution in [1.82, 2.24) is 0 Å². The predicted octanol–water partition coefficient (Wildman–Crippen LogP) is 1.67. The van der Waals surface area contributed by atoms with Crippen LogP contribution in [0.3, 0.4) is 0 Å². The van der Waals surface area contributed by atoms with Crippen LogP contribution in [0.5, 0.6) is 5.75 Å². The van der Waals surface area contributed by atoms with Gasteiger partial charge in [0.1, 0.15) is 29.6 Å². The molecule has 0 fully saturated rings. The molecule has 1 aromatic heterocycles. The highest BCUT2D eigenvalue weighted by molar-refractivity contribution is 5.92. The average Bonchev–Trinajstić information content (AvgIpc) is 2.63. The fraction of sp³-hybridized carbons (Fsp3) is 0.222. The van der Waals surface area contributed by atoms with Crippen LogP contribution in [0.4, 0.5) is 8.78 Å². The van der Waals surface area contributed by atoms with Gasteiger partial charge in [-0.15, -0.1) is 0 Å². The van der Waals surface area contributed by atoms with E-state index >= 15 is 0 Å². The molecular weight excluding hydrogens is 364 g/mol. The van der Waals surface area contributed by atoms with E-state index in [1.807, 2.05) is 0 Å². The van der Waals surface area contributed by atoms with Crippen molar-refractivity contribution in [2.24, 2.45) is 5.73 Å².